The van der Waals surface area contributed by atoms with Crippen molar-refractivity contribution in [1.29, 1.82) is 0 Å². The van der Waals surface area contributed by atoms with Gasteiger partial charge in [0.25, 0.3) is 0 Å². The number of carboxylic acid groups (broad SMARTS) is 1. The Bertz CT molecular complexity index is 454. The van der Waals surface area contributed by atoms with E-state index in [0.717, 1.165) is 25.2 Å². The predicted octanol–water partition coefficient (Wildman–Crippen LogP) is 2.20. The Morgan fingerprint density at radius 3 is 2.78 bits per heavy atom. The minimum absolute atomic E-state index is 0.410. The van der Waals surface area contributed by atoms with Crippen LogP contribution in [0.15, 0.2) is 0 Å². The molecule has 2 aliphatic rings. The number of nitrogens with zero attached hydrogens (tertiary/aromatic N) is 3. The van der Waals surface area contributed by atoms with Crippen LogP contribution in [0.3, 0.4) is 0 Å². The van der Waals surface area contributed by atoms with E-state index >= 15 is 0 Å². The average Bonchev–Trinajstić information content (AvgIpc) is 2.83. The minimum Gasteiger partial charge on any atom is -0.481 e. The molecule has 1 aromatic rings. The Hall–Kier alpha value is -1.04. The first-order valence-corrected chi connectivity index (χ1v) is 7.59. The molecule has 98 valence electrons. The molecule has 0 saturated carbocycles. The molecule has 0 aliphatic carbocycles. The number of rotatable bonds is 2. The van der Waals surface area contributed by atoms with E-state index in [4.69, 9.17) is 0 Å². The quantitative estimate of drug-likeness (QED) is 0.889. The number of carbonyl (C=O) groups is 1. The number of thioether (sulfide) groups is 1. The molecule has 2 aliphatic heterocycles. The number of aliphatic carboxylic acids is 1. The van der Waals surface area contributed by atoms with E-state index in [9.17, 15) is 9.90 Å². The van der Waals surface area contributed by atoms with Gasteiger partial charge in [-0.3, -0.25) is 4.79 Å². The molecule has 1 saturated heterocycles. The number of aromatic nitrogens is 3. The van der Waals surface area contributed by atoms with Gasteiger partial charge >= 0.3 is 5.97 Å². The zero-order valence-electron chi connectivity index (χ0n) is 10.2. The Morgan fingerprint density at radius 2 is 2.06 bits per heavy atom. The topological polar surface area (TPSA) is 68.0 Å². The van der Waals surface area contributed by atoms with Gasteiger partial charge in [0.1, 0.15) is 17.6 Å². The first-order chi connectivity index (χ1) is 8.77. The van der Waals surface area contributed by atoms with Crippen molar-refractivity contribution in [2.24, 2.45) is 0 Å². The van der Waals surface area contributed by atoms with Crippen LogP contribution in [0.2, 0.25) is 0 Å². The SMILES string of the molecule is O=C(O)C1CCCn2c(C3CCCCS3)nnc21. The molecule has 1 N–H and O–H groups in total. The van der Waals surface area contributed by atoms with E-state index in [-0.39, 0.29) is 0 Å². The molecule has 1 fully saturated rings. The Balaban J connectivity index is 1.91. The molecule has 6 heteroatoms. The highest BCUT2D eigenvalue weighted by molar-refractivity contribution is 7.99. The summed E-state index contributed by atoms with van der Waals surface area (Å²) < 4.78 is 2.06. The third-order valence-corrected chi connectivity index (χ3v) is 5.13. The van der Waals surface area contributed by atoms with Gasteiger partial charge in [-0.25, -0.2) is 0 Å². The van der Waals surface area contributed by atoms with Crippen LogP contribution in [-0.2, 0) is 11.3 Å². The highest BCUT2D eigenvalue weighted by Crippen LogP contribution is 2.39. The molecule has 1 aromatic heterocycles. The van der Waals surface area contributed by atoms with Crippen molar-refractivity contribution in [2.75, 3.05) is 5.75 Å². The normalized spacial score (nSPS) is 27.8. The highest BCUT2D eigenvalue weighted by atomic mass is 32.2. The van der Waals surface area contributed by atoms with Crippen LogP contribution in [0, 0.1) is 0 Å². The fourth-order valence-corrected chi connectivity index (χ4v) is 4.13. The Labute approximate surface area is 110 Å². The molecular formula is C12H17N3O2S. The largest absolute Gasteiger partial charge is 0.481 e. The summed E-state index contributed by atoms with van der Waals surface area (Å²) in [6.45, 7) is 0.874. The van der Waals surface area contributed by atoms with Crippen LogP contribution in [0.5, 0.6) is 0 Å². The van der Waals surface area contributed by atoms with Crippen LogP contribution in [-0.4, -0.2) is 31.6 Å². The molecule has 0 aromatic carbocycles. The molecule has 5 nitrogen and oxygen atoms in total. The lowest BCUT2D eigenvalue weighted by atomic mass is 9.99. The van der Waals surface area contributed by atoms with Gasteiger partial charge in [0.15, 0.2) is 0 Å². The molecule has 0 amide bonds. The molecule has 3 heterocycles. The van der Waals surface area contributed by atoms with Crippen molar-refractivity contribution in [3.05, 3.63) is 11.6 Å². The smallest absolute Gasteiger partial charge is 0.314 e. The third kappa shape index (κ3) is 2.02. The summed E-state index contributed by atoms with van der Waals surface area (Å²) in [5.74, 6) is 1.60. The van der Waals surface area contributed by atoms with Crippen LogP contribution in [0.1, 0.15) is 54.9 Å². The van der Waals surface area contributed by atoms with E-state index in [1.54, 1.807) is 0 Å². The number of hydrogen-bond donors (Lipinski definition) is 1. The fraction of sp³-hybridized carbons (Fsp3) is 0.750. The summed E-state index contributed by atoms with van der Waals surface area (Å²) in [4.78, 5) is 11.2. The van der Waals surface area contributed by atoms with Crippen LogP contribution in [0.4, 0.5) is 0 Å². The zero-order valence-corrected chi connectivity index (χ0v) is 11.0. The van der Waals surface area contributed by atoms with Gasteiger partial charge in [-0.1, -0.05) is 6.42 Å². The van der Waals surface area contributed by atoms with E-state index in [1.807, 2.05) is 11.8 Å². The molecular weight excluding hydrogens is 250 g/mol. The lowest BCUT2D eigenvalue weighted by Gasteiger charge is -2.25. The molecule has 18 heavy (non-hydrogen) atoms. The summed E-state index contributed by atoms with van der Waals surface area (Å²) >= 11 is 1.93. The summed E-state index contributed by atoms with van der Waals surface area (Å²) in [5, 5.41) is 18.1. The maximum absolute atomic E-state index is 11.2. The second-order valence-electron chi connectivity index (χ2n) is 4.96. The van der Waals surface area contributed by atoms with E-state index in [2.05, 4.69) is 14.8 Å². The van der Waals surface area contributed by atoms with Crippen LogP contribution in [0.25, 0.3) is 0 Å². The standard InChI is InChI=1S/C12H17N3O2S/c16-12(17)8-4-3-6-15-10(8)13-14-11(15)9-5-1-2-7-18-9/h8-9H,1-7H2,(H,16,17). The van der Waals surface area contributed by atoms with Gasteiger partial charge in [-0.2, -0.15) is 11.8 Å². The molecule has 0 radical (unpaired) electrons. The number of hydrogen-bond acceptors (Lipinski definition) is 4. The second-order valence-corrected chi connectivity index (χ2v) is 6.27. The lowest BCUT2D eigenvalue weighted by molar-refractivity contribution is -0.139. The van der Waals surface area contributed by atoms with Crippen molar-refractivity contribution in [3.63, 3.8) is 0 Å². The summed E-state index contributed by atoms with van der Waals surface area (Å²) in [5.41, 5.74) is 0. The second kappa shape index (κ2) is 4.91. The van der Waals surface area contributed by atoms with Crippen LogP contribution < -0.4 is 0 Å². The van der Waals surface area contributed by atoms with Crippen molar-refractivity contribution in [1.82, 2.24) is 14.8 Å². The highest BCUT2D eigenvalue weighted by Gasteiger charge is 2.32. The zero-order chi connectivity index (χ0) is 12.5. The number of fused-ring (bicyclic) bond motifs is 1. The summed E-state index contributed by atoms with van der Waals surface area (Å²) in [6, 6.07) is 0. The van der Waals surface area contributed by atoms with Crippen LogP contribution >= 0.6 is 11.8 Å². The van der Waals surface area contributed by atoms with Gasteiger partial charge in [0.2, 0.25) is 0 Å². The molecule has 3 rings (SSSR count). The first-order valence-electron chi connectivity index (χ1n) is 6.55. The third-order valence-electron chi connectivity index (χ3n) is 3.76. The van der Waals surface area contributed by atoms with Gasteiger partial charge in [0, 0.05) is 6.54 Å². The van der Waals surface area contributed by atoms with Gasteiger partial charge in [0.05, 0.1) is 5.25 Å². The Morgan fingerprint density at radius 1 is 1.22 bits per heavy atom. The maximum atomic E-state index is 11.2. The summed E-state index contributed by atoms with van der Waals surface area (Å²) in [7, 11) is 0. The van der Waals surface area contributed by atoms with Crippen molar-refractivity contribution >= 4 is 17.7 Å². The average molecular weight is 267 g/mol. The van der Waals surface area contributed by atoms with E-state index in [0.29, 0.717) is 17.5 Å². The number of carboxylic acids is 1. The minimum atomic E-state index is -0.772. The van der Waals surface area contributed by atoms with Crippen molar-refractivity contribution in [2.45, 2.75) is 49.8 Å². The molecule has 0 spiro atoms. The molecule has 0 bridgehead atoms. The molecule has 2 atom stereocenters. The van der Waals surface area contributed by atoms with Crippen molar-refractivity contribution < 1.29 is 9.90 Å². The first kappa shape index (κ1) is 12.0. The Kier molecular flexibility index (Phi) is 3.28. The van der Waals surface area contributed by atoms with Gasteiger partial charge in [-0.05, 0) is 31.4 Å². The fourth-order valence-electron chi connectivity index (χ4n) is 2.81. The van der Waals surface area contributed by atoms with Gasteiger partial charge < -0.3 is 9.67 Å². The summed E-state index contributed by atoms with van der Waals surface area (Å²) in [6.07, 6.45) is 5.25. The van der Waals surface area contributed by atoms with E-state index < -0.39 is 11.9 Å². The molecule has 2 unspecified atom stereocenters. The van der Waals surface area contributed by atoms with Crippen molar-refractivity contribution in [3.8, 4) is 0 Å². The monoisotopic (exact) mass is 267 g/mol. The predicted molar refractivity (Wildman–Crippen MR) is 68.7 cm³/mol. The maximum Gasteiger partial charge on any atom is 0.314 e. The van der Waals surface area contributed by atoms with Gasteiger partial charge in [-0.15, -0.1) is 10.2 Å². The lowest BCUT2D eigenvalue weighted by Crippen LogP contribution is -2.24. The van der Waals surface area contributed by atoms with E-state index in [1.165, 1.54) is 18.6 Å².